The summed E-state index contributed by atoms with van der Waals surface area (Å²) in [5, 5.41) is 28.9. The van der Waals surface area contributed by atoms with E-state index < -0.39 is 21.7 Å². The number of benzene rings is 6. The predicted molar refractivity (Wildman–Crippen MR) is 262 cm³/mol. The number of nitro benzene ring substituents is 2. The van der Waals surface area contributed by atoms with Gasteiger partial charge in [0.1, 0.15) is 23.0 Å². The maximum Gasteiger partial charge on any atom is 0.269 e. The lowest BCUT2D eigenvalue weighted by Crippen LogP contribution is -2.15. The molecular formula is C54H56N4O10. The number of nitro groups is 2. The number of rotatable bonds is 18. The summed E-state index contributed by atoms with van der Waals surface area (Å²) in [6.45, 7) is 10.0. The highest BCUT2D eigenvalue weighted by molar-refractivity contribution is 6.05. The molecule has 6 aromatic carbocycles. The number of nitrogens with zero attached hydrogens (tertiary/aromatic N) is 2. The highest BCUT2D eigenvalue weighted by atomic mass is 16.6. The van der Waals surface area contributed by atoms with Gasteiger partial charge in [0, 0.05) is 94.7 Å². The van der Waals surface area contributed by atoms with Gasteiger partial charge in [-0.05, 0) is 96.5 Å². The van der Waals surface area contributed by atoms with Crippen molar-refractivity contribution >= 4 is 34.6 Å². The fourth-order valence-corrected chi connectivity index (χ4v) is 8.27. The second-order valence-electron chi connectivity index (χ2n) is 16.7. The molecule has 0 atom stereocenters. The third-order valence-electron chi connectivity index (χ3n) is 11.4. The Hall–Kier alpha value is -7.74. The van der Waals surface area contributed by atoms with Gasteiger partial charge in [-0.1, -0.05) is 64.1 Å². The molecule has 0 saturated carbocycles. The highest BCUT2D eigenvalue weighted by Gasteiger charge is 2.25. The zero-order chi connectivity index (χ0) is 48.2. The summed E-state index contributed by atoms with van der Waals surface area (Å²) in [7, 11) is 0. The molecule has 0 spiro atoms. The Morgan fingerprint density at radius 3 is 0.985 bits per heavy atom. The van der Waals surface area contributed by atoms with E-state index in [-0.39, 0.29) is 28.9 Å². The molecule has 8 bridgehead atoms. The van der Waals surface area contributed by atoms with Crippen molar-refractivity contribution in [2.24, 2.45) is 0 Å². The van der Waals surface area contributed by atoms with Crippen LogP contribution in [0.1, 0.15) is 119 Å². The number of fused-ring (bicyclic) bond motifs is 8. The molecule has 2 amide bonds. The summed E-state index contributed by atoms with van der Waals surface area (Å²) in [6, 6.07) is 30.7. The number of nitrogens with one attached hydrogen (secondary N) is 2. The molecular weight excluding hydrogens is 865 g/mol. The highest BCUT2D eigenvalue weighted by Crippen LogP contribution is 2.41. The zero-order valence-electron chi connectivity index (χ0n) is 38.9. The van der Waals surface area contributed by atoms with Crippen LogP contribution in [0.15, 0.2) is 109 Å². The first-order valence-corrected chi connectivity index (χ1v) is 23.2. The van der Waals surface area contributed by atoms with Gasteiger partial charge in [0.15, 0.2) is 0 Å². The van der Waals surface area contributed by atoms with Crippen molar-refractivity contribution in [1.82, 2.24) is 0 Å². The van der Waals surface area contributed by atoms with Crippen LogP contribution in [0.4, 0.5) is 22.7 Å². The topological polar surface area (TPSA) is 181 Å². The van der Waals surface area contributed by atoms with E-state index >= 15 is 0 Å². The Morgan fingerprint density at radius 1 is 0.441 bits per heavy atom. The van der Waals surface area contributed by atoms with Crippen molar-refractivity contribution in [3.63, 3.8) is 0 Å². The first-order valence-electron chi connectivity index (χ1n) is 23.2. The molecule has 0 heterocycles. The number of hydrogen-bond acceptors (Lipinski definition) is 10. The van der Waals surface area contributed by atoms with Gasteiger partial charge < -0.3 is 29.6 Å². The molecule has 14 heteroatoms. The Morgan fingerprint density at radius 2 is 0.706 bits per heavy atom. The lowest BCUT2D eigenvalue weighted by atomic mass is 9.90. The number of non-ortho nitro benzene ring substituents is 2. The van der Waals surface area contributed by atoms with Gasteiger partial charge in [-0.15, -0.1) is 0 Å². The number of para-hydroxylation sites is 2. The summed E-state index contributed by atoms with van der Waals surface area (Å²) in [5.74, 6) is 1.88. The van der Waals surface area contributed by atoms with Crippen molar-refractivity contribution in [3.8, 4) is 23.0 Å². The van der Waals surface area contributed by atoms with E-state index in [1.54, 1.807) is 0 Å². The fraction of sp³-hybridized carbons (Fsp3) is 0.296. The van der Waals surface area contributed by atoms with Crippen LogP contribution in [0.2, 0.25) is 0 Å². The van der Waals surface area contributed by atoms with E-state index in [9.17, 15) is 29.8 Å². The molecule has 1 aliphatic carbocycles. The number of amides is 2. The molecule has 0 aliphatic heterocycles. The maximum atomic E-state index is 13.9. The Bertz CT molecular complexity index is 2600. The van der Waals surface area contributed by atoms with Crippen LogP contribution in [0.25, 0.3) is 0 Å². The monoisotopic (exact) mass is 920 g/mol. The van der Waals surface area contributed by atoms with Gasteiger partial charge >= 0.3 is 0 Å². The zero-order valence-corrected chi connectivity index (χ0v) is 38.9. The third kappa shape index (κ3) is 11.6. The lowest BCUT2D eigenvalue weighted by molar-refractivity contribution is -0.385. The largest absolute Gasteiger partial charge is 0.493 e. The van der Waals surface area contributed by atoms with Gasteiger partial charge in [-0.3, -0.25) is 29.8 Å². The van der Waals surface area contributed by atoms with Crippen molar-refractivity contribution in [2.75, 3.05) is 37.1 Å². The number of carbonyl (C=O) groups is 2. The fourth-order valence-electron chi connectivity index (χ4n) is 8.27. The van der Waals surface area contributed by atoms with Crippen molar-refractivity contribution in [2.45, 2.75) is 79.1 Å². The first-order chi connectivity index (χ1) is 33.0. The van der Waals surface area contributed by atoms with E-state index in [0.717, 1.165) is 81.7 Å². The van der Waals surface area contributed by atoms with Gasteiger partial charge in [0.2, 0.25) is 0 Å². The standard InChI is InChI=1S/C54H56N4O10/c1-5-23-65-49-37-11-9-13-39(49)28-41-31-45(55-53(59)35-15-19-47(20-16-35)57(61)62)33-43(51(41)67-25-7-3)30-44-34-46(56-54(60)36-17-21-48(22-18-36)58(63)64)32-42(52(44)68-26-8-4)29-40-14-10-12-38(27-37)50(40)66-24-6-2/h9-22,31-34H,5-8,23-30H2,1-4H3,(H,55,59)(H,56,60). The smallest absolute Gasteiger partial charge is 0.269 e. The van der Waals surface area contributed by atoms with Crippen LogP contribution < -0.4 is 29.6 Å². The Labute approximate surface area is 395 Å². The SMILES string of the molecule is CCCOc1c2cccc1Cc1cc(NC(=O)c3ccc([N+](=O)[O-])cc3)cc(c1OCCC)Cc1cc(NC(=O)c3ccc([N+](=O)[O-])cc3)cc(c1OCCC)Cc1cccc(c1OCCC)C2. The Kier molecular flexibility index (Phi) is 16.0. The van der Waals surface area contributed by atoms with E-state index in [1.165, 1.54) is 48.5 Å². The molecule has 1 aliphatic rings. The summed E-state index contributed by atoms with van der Waals surface area (Å²) in [4.78, 5) is 49.6. The first kappa shape index (κ1) is 48.2. The third-order valence-corrected chi connectivity index (χ3v) is 11.4. The summed E-state index contributed by atoms with van der Waals surface area (Å²) >= 11 is 0. The molecule has 68 heavy (non-hydrogen) atoms. The summed E-state index contributed by atoms with van der Waals surface area (Å²) < 4.78 is 26.7. The van der Waals surface area contributed by atoms with E-state index in [1.807, 2.05) is 62.4 Å². The lowest BCUT2D eigenvalue weighted by Gasteiger charge is -2.24. The van der Waals surface area contributed by atoms with E-state index in [0.29, 0.717) is 68.6 Å². The summed E-state index contributed by atoms with van der Waals surface area (Å²) in [6.07, 6.45) is 4.51. The van der Waals surface area contributed by atoms with E-state index in [4.69, 9.17) is 18.9 Å². The minimum Gasteiger partial charge on any atom is -0.493 e. The van der Waals surface area contributed by atoms with Crippen molar-refractivity contribution in [1.29, 1.82) is 0 Å². The van der Waals surface area contributed by atoms with Crippen LogP contribution in [-0.4, -0.2) is 48.1 Å². The quantitative estimate of drug-likeness (QED) is 0.0621. The van der Waals surface area contributed by atoms with Crippen LogP contribution in [0.5, 0.6) is 23.0 Å². The minimum absolute atomic E-state index is 0.130. The molecule has 352 valence electrons. The molecule has 7 rings (SSSR count). The van der Waals surface area contributed by atoms with Crippen molar-refractivity contribution in [3.05, 3.63) is 185 Å². The average Bonchev–Trinajstić information content (AvgIpc) is 3.33. The molecule has 0 radical (unpaired) electrons. The van der Waals surface area contributed by atoms with Gasteiger partial charge in [0.05, 0.1) is 36.3 Å². The molecule has 14 nitrogen and oxygen atoms in total. The van der Waals surface area contributed by atoms with Crippen LogP contribution in [0, 0.1) is 20.2 Å². The van der Waals surface area contributed by atoms with Gasteiger partial charge in [-0.2, -0.15) is 0 Å². The van der Waals surface area contributed by atoms with Crippen LogP contribution in [0.3, 0.4) is 0 Å². The Balaban J connectivity index is 1.47. The van der Waals surface area contributed by atoms with Crippen LogP contribution in [-0.2, 0) is 25.7 Å². The maximum absolute atomic E-state index is 13.9. The molecule has 0 aromatic heterocycles. The minimum atomic E-state index is -0.512. The van der Waals surface area contributed by atoms with Gasteiger partial charge in [0.25, 0.3) is 23.2 Å². The van der Waals surface area contributed by atoms with E-state index in [2.05, 4.69) is 36.6 Å². The number of anilines is 2. The second-order valence-corrected chi connectivity index (χ2v) is 16.7. The molecule has 0 unspecified atom stereocenters. The molecule has 0 saturated heterocycles. The van der Waals surface area contributed by atoms with Gasteiger partial charge in [-0.25, -0.2) is 0 Å². The van der Waals surface area contributed by atoms with Crippen molar-refractivity contribution < 1.29 is 38.4 Å². The second kappa shape index (κ2) is 22.6. The van der Waals surface area contributed by atoms with Crippen LogP contribution >= 0.6 is 0 Å². The molecule has 2 N–H and O–H groups in total. The predicted octanol–water partition coefficient (Wildman–Crippen LogP) is 11.8. The summed E-state index contributed by atoms with van der Waals surface area (Å²) in [5.41, 5.74) is 8.00. The normalized spacial score (nSPS) is 11.8. The number of hydrogen-bond donors (Lipinski definition) is 2. The number of ether oxygens (including phenoxy) is 4. The average molecular weight is 921 g/mol. The molecule has 6 aromatic rings. The molecule has 0 fully saturated rings. The number of carbonyl (C=O) groups excluding carboxylic acids is 2.